The van der Waals surface area contributed by atoms with E-state index in [-0.39, 0.29) is 17.7 Å². The number of nitrogens with zero attached hydrogens (tertiary/aromatic N) is 2. The molecular formula is C22H33N3O2. The Labute approximate surface area is 163 Å². The Bertz CT molecular complexity index is 627. The fraction of sp³-hybridized carbons (Fsp3) is 0.636. The van der Waals surface area contributed by atoms with E-state index in [4.69, 9.17) is 0 Å². The van der Waals surface area contributed by atoms with Gasteiger partial charge in [0.25, 0.3) is 0 Å². The fourth-order valence-electron chi connectivity index (χ4n) is 4.16. The van der Waals surface area contributed by atoms with Crippen LogP contribution in [0.4, 0.5) is 11.4 Å². The smallest absolute Gasteiger partial charge is 0.225 e. The molecule has 2 amide bonds. The van der Waals surface area contributed by atoms with E-state index in [1.54, 1.807) is 0 Å². The fourth-order valence-corrected chi connectivity index (χ4v) is 4.16. The molecule has 5 heteroatoms. The van der Waals surface area contributed by atoms with Crippen LogP contribution in [0.3, 0.4) is 0 Å². The SMILES string of the molecule is CC(C)C(=O)N1CCN(c2ccc(NC(=O)CCC3CCCC3)cc2)CC1. The van der Waals surface area contributed by atoms with Crippen LogP contribution in [0.25, 0.3) is 0 Å². The number of carbonyl (C=O) groups is 2. The zero-order chi connectivity index (χ0) is 19.2. The predicted octanol–water partition coefficient (Wildman–Crippen LogP) is 3.90. The minimum absolute atomic E-state index is 0.0631. The van der Waals surface area contributed by atoms with Gasteiger partial charge in [-0.05, 0) is 36.6 Å². The molecule has 148 valence electrons. The van der Waals surface area contributed by atoms with Crippen molar-refractivity contribution in [2.75, 3.05) is 36.4 Å². The number of amides is 2. The number of piperazine rings is 1. The third kappa shape index (κ3) is 5.47. The summed E-state index contributed by atoms with van der Waals surface area (Å²) < 4.78 is 0. The zero-order valence-electron chi connectivity index (χ0n) is 16.7. The standard InChI is InChI=1S/C22H33N3O2/c1-17(2)22(27)25-15-13-24(14-16-25)20-10-8-19(9-11-20)23-21(26)12-7-18-5-3-4-6-18/h8-11,17-18H,3-7,12-16H2,1-2H3,(H,23,26). The van der Waals surface area contributed by atoms with Crippen molar-refractivity contribution in [3.05, 3.63) is 24.3 Å². The maximum absolute atomic E-state index is 12.2. The number of anilines is 2. The number of rotatable bonds is 6. The summed E-state index contributed by atoms with van der Waals surface area (Å²) in [7, 11) is 0. The highest BCUT2D eigenvalue weighted by Crippen LogP contribution is 2.28. The summed E-state index contributed by atoms with van der Waals surface area (Å²) >= 11 is 0. The van der Waals surface area contributed by atoms with Gasteiger partial charge in [-0.1, -0.05) is 39.5 Å². The normalized spacial score (nSPS) is 18.2. The van der Waals surface area contributed by atoms with Crippen molar-refractivity contribution in [3.8, 4) is 0 Å². The molecule has 0 radical (unpaired) electrons. The van der Waals surface area contributed by atoms with Crippen LogP contribution in [0.15, 0.2) is 24.3 Å². The number of hydrogen-bond acceptors (Lipinski definition) is 3. The molecule has 0 unspecified atom stereocenters. The Morgan fingerprint density at radius 3 is 2.26 bits per heavy atom. The average molecular weight is 372 g/mol. The lowest BCUT2D eigenvalue weighted by molar-refractivity contribution is -0.134. The number of hydrogen-bond donors (Lipinski definition) is 1. The molecule has 1 aromatic rings. The third-order valence-corrected chi connectivity index (χ3v) is 5.86. The Balaban J connectivity index is 1.44. The van der Waals surface area contributed by atoms with Crippen LogP contribution in [0.2, 0.25) is 0 Å². The van der Waals surface area contributed by atoms with Gasteiger partial charge in [0.1, 0.15) is 0 Å². The van der Waals surface area contributed by atoms with Crippen LogP contribution in [-0.2, 0) is 9.59 Å². The van der Waals surface area contributed by atoms with Gasteiger partial charge in [0, 0.05) is 49.9 Å². The molecule has 1 aliphatic heterocycles. The molecule has 1 N–H and O–H groups in total. The van der Waals surface area contributed by atoms with Crippen molar-refractivity contribution in [1.29, 1.82) is 0 Å². The van der Waals surface area contributed by atoms with Crippen LogP contribution in [0, 0.1) is 11.8 Å². The summed E-state index contributed by atoms with van der Waals surface area (Å²) in [6.45, 7) is 7.16. The van der Waals surface area contributed by atoms with Crippen molar-refractivity contribution < 1.29 is 9.59 Å². The highest BCUT2D eigenvalue weighted by atomic mass is 16.2. The van der Waals surface area contributed by atoms with E-state index in [9.17, 15) is 9.59 Å². The van der Waals surface area contributed by atoms with Crippen molar-refractivity contribution in [3.63, 3.8) is 0 Å². The highest BCUT2D eigenvalue weighted by molar-refractivity contribution is 5.90. The first-order valence-electron chi connectivity index (χ1n) is 10.5. The number of benzene rings is 1. The van der Waals surface area contributed by atoms with Gasteiger partial charge in [-0.2, -0.15) is 0 Å². The highest BCUT2D eigenvalue weighted by Gasteiger charge is 2.23. The van der Waals surface area contributed by atoms with Gasteiger partial charge in [0.15, 0.2) is 0 Å². The van der Waals surface area contributed by atoms with Gasteiger partial charge in [-0.3, -0.25) is 9.59 Å². The van der Waals surface area contributed by atoms with Gasteiger partial charge >= 0.3 is 0 Å². The molecule has 1 saturated heterocycles. The first kappa shape index (κ1) is 19.7. The van der Waals surface area contributed by atoms with Crippen LogP contribution >= 0.6 is 0 Å². The summed E-state index contributed by atoms with van der Waals surface area (Å²) in [5.41, 5.74) is 2.01. The Morgan fingerprint density at radius 2 is 1.67 bits per heavy atom. The number of carbonyl (C=O) groups excluding carboxylic acids is 2. The Morgan fingerprint density at radius 1 is 1.04 bits per heavy atom. The van der Waals surface area contributed by atoms with Crippen molar-refractivity contribution in [1.82, 2.24) is 4.90 Å². The maximum Gasteiger partial charge on any atom is 0.225 e. The second-order valence-electron chi connectivity index (χ2n) is 8.25. The molecule has 1 aliphatic carbocycles. The zero-order valence-corrected chi connectivity index (χ0v) is 16.7. The quantitative estimate of drug-likeness (QED) is 0.825. The van der Waals surface area contributed by atoms with E-state index < -0.39 is 0 Å². The van der Waals surface area contributed by atoms with E-state index in [0.29, 0.717) is 6.42 Å². The molecule has 0 atom stereocenters. The maximum atomic E-state index is 12.2. The molecule has 1 aromatic carbocycles. The van der Waals surface area contributed by atoms with E-state index in [1.165, 1.54) is 25.7 Å². The molecule has 5 nitrogen and oxygen atoms in total. The molecule has 0 spiro atoms. The van der Waals surface area contributed by atoms with E-state index in [0.717, 1.165) is 49.9 Å². The largest absolute Gasteiger partial charge is 0.368 e. The minimum Gasteiger partial charge on any atom is -0.368 e. The van der Waals surface area contributed by atoms with Crippen molar-refractivity contribution >= 4 is 23.2 Å². The van der Waals surface area contributed by atoms with Crippen LogP contribution in [0.5, 0.6) is 0 Å². The molecular weight excluding hydrogens is 338 g/mol. The lowest BCUT2D eigenvalue weighted by atomic mass is 10.0. The molecule has 27 heavy (non-hydrogen) atoms. The molecule has 2 fully saturated rings. The molecule has 1 saturated carbocycles. The summed E-state index contributed by atoms with van der Waals surface area (Å²) in [6, 6.07) is 8.09. The molecule has 1 heterocycles. The lowest BCUT2D eigenvalue weighted by Gasteiger charge is -2.37. The van der Waals surface area contributed by atoms with Gasteiger partial charge < -0.3 is 15.1 Å². The van der Waals surface area contributed by atoms with Crippen molar-refractivity contribution in [2.24, 2.45) is 11.8 Å². The second kappa shape index (κ2) is 9.25. The molecule has 0 aromatic heterocycles. The predicted molar refractivity (Wildman–Crippen MR) is 110 cm³/mol. The number of nitrogens with one attached hydrogen (secondary N) is 1. The third-order valence-electron chi connectivity index (χ3n) is 5.86. The summed E-state index contributed by atoms with van der Waals surface area (Å²) in [4.78, 5) is 28.5. The lowest BCUT2D eigenvalue weighted by Crippen LogP contribution is -2.49. The van der Waals surface area contributed by atoms with Crippen molar-refractivity contribution in [2.45, 2.75) is 52.4 Å². The van der Waals surface area contributed by atoms with E-state index >= 15 is 0 Å². The second-order valence-corrected chi connectivity index (χ2v) is 8.25. The molecule has 0 bridgehead atoms. The summed E-state index contributed by atoms with van der Waals surface area (Å²) in [5.74, 6) is 1.17. The average Bonchev–Trinajstić information content (AvgIpc) is 3.20. The van der Waals surface area contributed by atoms with Gasteiger partial charge in [-0.25, -0.2) is 0 Å². The monoisotopic (exact) mass is 371 g/mol. The summed E-state index contributed by atoms with van der Waals surface area (Å²) in [5, 5.41) is 3.02. The van der Waals surface area contributed by atoms with E-state index in [2.05, 4.69) is 22.3 Å². The van der Waals surface area contributed by atoms with Gasteiger partial charge in [0.2, 0.25) is 11.8 Å². The van der Waals surface area contributed by atoms with Crippen LogP contribution in [-0.4, -0.2) is 42.9 Å². The summed E-state index contributed by atoms with van der Waals surface area (Å²) in [6.07, 6.45) is 6.87. The minimum atomic E-state index is 0.0631. The Hall–Kier alpha value is -2.04. The first-order valence-corrected chi connectivity index (χ1v) is 10.5. The van der Waals surface area contributed by atoms with Crippen LogP contribution < -0.4 is 10.2 Å². The molecule has 3 rings (SSSR count). The van der Waals surface area contributed by atoms with Crippen LogP contribution in [0.1, 0.15) is 52.4 Å². The Kier molecular flexibility index (Phi) is 6.75. The van der Waals surface area contributed by atoms with E-state index in [1.807, 2.05) is 30.9 Å². The first-order chi connectivity index (χ1) is 13.0. The van der Waals surface area contributed by atoms with Gasteiger partial charge in [-0.15, -0.1) is 0 Å². The topological polar surface area (TPSA) is 52.7 Å². The molecule has 2 aliphatic rings. The van der Waals surface area contributed by atoms with Gasteiger partial charge in [0.05, 0.1) is 0 Å².